The van der Waals surface area contributed by atoms with Crippen LogP contribution in [0.15, 0.2) is 0 Å². The molecule has 2 rings (SSSR count). The van der Waals surface area contributed by atoms with Crippen molar-refractivity contribution in [2.75, 3.05) is 5.33 Å². The summed E-state index contributed by atoms with van der Waals surface area (Å²) in [7, 11) is 0. The van der Waals surface area contributed by atoms with Crippen molar-refractivity contribution in [3.63, 3.8) is 0 Å². The van der Waals surface area contributed by atoms with Gasteiger partial charge in [-0.3, -0.25) is 14.9 Å². The minimum atomic E-state index is -1.57. The summed E-state index contributed by atoms with van der Waals surface area (Å²) in [5.74, 6) is -0.491. The van der Waals surface area contributed by atoms with Crippen molar-refractivity contribution in [3.8, 4) is 0 Å². The smallest absolute Gasteiger partial charge is 0.290 e. The molecule has 0 unspecified atom stereocenters. The van der Waals surface area contributed by atoms with Crippen LogP contribution in [0.3, 0.4) is 0 Å². The Hall–Kier alpha value is 0.0300. The van der Waals surface area contributed by atoms with Crippen LogP contribution in [0, 0.1) is 26.9 Å². The molecule has 6 heteroatoms. The fraction of sp³-hybridized carbons (Fsp3) is 0.900. The molecule has 2 aliphatic rings. The molecule has 0 amide bonds. The fourth-order valence-corrected chi connectivity index (χ4v) is 5.59. The van der Waals surface area contributed by atoms with Crippen LogP contribution in [0.4, 0.5) is 0 Å². The zero-order chi connectivity index (χ0) is 12.4. The van der Waals surface area contributed by atoms with Crippen LogP contribution in [0.25, 0.3) is 0 Å². The normalized spacial score (nSPS) is 51.0. The van der Waals surface area contributed by atoms with Crippen LogP contribution in [0.5, 0.6) is 0 Å². The molecule has 2 fully saturated rings. The highest BCUT2D eigenvalue weighted by atomic mass is 79.9. The predicted octanol–water partition coefficient (Wildman–Crippen LogP) is 2.75. The maximum Gasteiger partial charge on any atom is 0.335 e. The fourth-order valence-electron chi connectivity index (χ4n) is 3.40. The van der Waals surface area contributed by atoms with Gasteiger partial charge in [0.1, 0.15) is 0 Å². The van der Waals surface area contributed by atoms with E-state index in [4.69, 9.17) is 0 Å². The first-order chi connectivity index (χ1) is 7.25. The van der Waals surface area contributed by atoms with E-state index in [2.05, 4.69) is 31.9 Å². The van der Waals surface area contributed by atoms with Gasteiger partial charge >= 0.3 is 4.45 Å². The van der Waals surface area contributed by atoms with Crippen LogP contribution in [0.2, 0.25) is 0 Å². The lowest BCUT2D eigenvalue weighted by Gasteiger charge is -2.33. The number of carbonyl (C=O) groups excluding carboxylic acids is 1. The van der Waals surface area contributed by atoms with Crippen LogP contribution in [0.1, 0.15) is 26.7 Å². The first kappa shape index (κ1) is 12.5. The first-order valence-corrected chi connectivity index (χ1v) is 7.11. The highest BCUT2D eigenvalue weighted by Gasteiger charge is 2.79. The van der Waals surface area contributed by atoms with Gasteiger partial charge in [-0.05, 0) is 12.8 Å². The van der Waals surface area contributed by atoms with Crippen LogP contribution < -0.4 is 0 Å². The maximum absolute atomic E-state index is 12.3. The number of ketones is 1. The first-order valence-electron chi connectivity index (χ1n) is 5.19. The van der Waals surface area contributed by atoms with E-state index in [1.807, 2.05) is 13.8 Å². The molecule has 4 nitrogen and oxygen atoms in total. The number of nitro groups is 1. The van der Waals surface area contributed by atoms with Gasteiger partial charge in [-0.25, -0.2) is 0 Å². The number of halogens is 2. The predicted molar refractivity (Wildman–Crippen MR) is 66.4 cm³/mol. The number of alkyl halides is 2. The highest BCUT2D eigenvalue weighted by molar-refractivity contribution is 9.10. The standard InChI is InChI=1S/C10H13Br2NO3/c1-8-4-3-6(9(8,2)5-11)10(12,7(8)14)13(15)16/h6H,3-5H2,1-2H3/t6-,8-,9+,10-/m1/s1. The van der Waals surface area contributed by atoms with Gasteiger partial charge in [-0.15, -0.1) is 0 Å². The van der Waals surface area contributed by atoms with Crippen molar-refractivity contribution in [1.29, 1.82) is 0 Å². The molecule has 0 heterocycles. The second kappa shape index (κ2) is 3.28. The summed E-state index contributed by atoms with van der Waals surface area (Å²) in [5.41, 5.74) is -0.918. The van der Waals surface area contributed by atoms with Crippen molar-refractivity contribution in [3.05, 3.63) is 10.1 Å². The quantitative estimate of drug-likeness (QED) is 0.331. The molecule has 90 valence electrons. The van der Waals surface area contributed by atoms with Gasteiger partial charge < -0.3 is 0 Å². The summed E-state index contributed by atoms with van der Waals surface area (Å²) in [5, 5.41) is 11.8. The molecule has 2 bridgehead atoms. The van der Waals surface area contributed by atoms with Gasteiger partial charge in [-0.1, -0.05) is 29.8 Å². The molecule has 0 saturated heterocycles. The Labute approximate surface area is 111 Å². The Balaban J connectivity index is 2.61. The third-order valence-corrected chi connectivity index (χ3v) is 7.15. The van der Waals surface area contributed by atoms with E-state index in [-0.39, 0.29) is 17.1 Å². The molecule has 0 spiro atoms. The molecule has 0 aromatic rings. The van der Waals surface area contributed by atoms with Crippen molar-refractivity contribution in [2.45, 2.75) is 31.1 Å². The Morgan fingerprint density at radius 3 is 2.44 bits per heavy atom. The molecule has 4 atom stereocenters. The molecular formula is C10H13Br2NO3. The topological polar surface area (TPSA) is 60.2 Å². The second-order valence-corrected chi connectivity index (χ2v) is 7.00. The molecule has 0 aliphatic heterocycles. The number of hydrogen-bond acceptors (Lipinski definition) is 3. The number of hydrogen-bond donors (Lipinski definition) is 0. The van der Waals surface area contributed by atoms with Crippen LogP contribution in [-0.4, -0.2) is 20.5 Å². The summed E-state index contributed by atoms with van der Waals surface area (Å²) >= 11 is 6.54. The van der Waals surface area contributed by atoms with E-state index in [0.29, 0.717) is 5.33 Å². The van der Waals surface area contributed by atoms with E-state index in [9.17, 15) is 14.9 Å². The molecule has 16 heavy (non-hydrogen) atoms. The lowest BCUT2D eigenvalue weighted by atomic mass is 9.70. The lowest BCUT2D eigenvalue weighted by Crippen LogP contribution is -2.47. The van der Waals surface area contributed by atoms with Crippen molar-refractivity contribution in [2.24, 2.45) is 16.7 Å². The minimum absolute atomic E-state index is 0.230. The Morgan fingerprint density at radius 1 is 1.56 bits per heavy atom. The van der Waals surface area contributed by atoms with Crippen molar-refractivity contribution in [1.82, 2.24) is 0 Å². The number of nitrogens with zero attached hydrogens (tertiary/aromatic N) is 1. The summed E-state index contributed by atoms with van der Waals surface area (Å²) in [4.78, 5) is 23.1. The lowest BCUT2D eigenvalue weighted by molar-refractivity contribution is -0.529. The van der Waals surface area contributed by atoms with Crippen LogP contribution in [-0.2, 0) is 4.79 Å². The molecule has 0 N–H and O–H groups in total. The number of rotatable bonds is 2. The molecule has 0 aromatic heterocycles. The van der Waals surface area contributed by atoms with E-state index in [0.717, 1.165) is 12.8 Å². The summed E-state index contributed by atoms with van der Waals surface area (Å²) in [6.07, 6.45) is 1.48. The van der Waals surface area contributed by atoms with Gasteiger partial charge in [-0.2, -0.15) is 0 Å². The third kappa shape index (κ3) is 1.03. The third-order valence-electron chi connectivity index (χ3n) is 4.79. The minimum Gasteiger partial charge on any atom is -0.290 e. The largest absolute Gasteiger partial charge is 0.335 e. The molecule has 0 radical (unpaired) electrons. The average Bonchev–Trinajstić information content (AvgIpc) is 2.56. The number of Topliss-reactive ketones (excluding diaryl/α,β-unsaturated/α-hetero) is 1. The van der Waals surface area contributed by atoms with Gasteiger partial charge in [0.25, 0.3) is 0 Å². The average molecular weight is 355 g/mol. The van der Waals surface area contributed by atoms with E-state index in [1.165, 1.54) is 0 Å². The molecule has 0 aromatic carbocycles. The Morgan fingerprint density at radius 2 is 2.12 bits per heavy atom. The van der Waals surface area contributed by atoms with E-state index < -0.39 is 14.8 Å². The van der Waals surface area contributed by atoms with Crippen LogP contribution >= 0.6 is 31.9 Å². The number of carbonyl (C=O) groups is 1. The SMILES string of the molecule is C[C@]1(CBr)[C@H]2CC[C@]1(C)C(=O)[C@]2(Br)[N+](=O)[O-]. The Kier molecular flexibility index (Phi) is 2.56. The van der Waals surface area contributed by atoms with E-state index in [1.54, 1.807) is 0 Å². The summed E-state index contributed by atoms with van der Waals surface area (Å²) in [6, 6.07) is 0. The highest BCUT2D eigenvalue weighted by Crippen LogP contribution is 2.69. The molecular weight excluding hydrogens is 342 g/mol. The van der Waals surface area contributed by atoms with Crippen molar-refractivity contribution >= 4 is 37.6 Å². The molecule has 2 saturated carbocycles. The van der Waals surface area contributed by atoms with Gasteiger partial charge in [0.2, 0.25) is 5.78 Å². The Bertz CT molecular complexity index is 388. The zero-order valence-corrected chi connectivity index (χ0v) is 12.3. The summed E-state index contributed by atoms with van der Waals surface area (Å²) in [6.45, 7) is 3.84. The summed E-state index contributed by atoms with van der Waals surface area (Å²) < 4.78 is -1.57. The van der Waals surface area contributed by atoms with Gasteiger partial charge in [0.15, 0.2) is 0 Å². The molecule has 2 aliphatic carbocycles. The van der Waals surface area contributed by atoms with E-state index >= 15 is 0 Å². The monoisotopic (exact) mass is 353 g/mol. The second-order valence-electron chi connectivity index (χ2n) is 5.23. The van der Waals surface area contributed by atoms with Gasteiger partial charge in [0.05, 0.1) is 5.92 Å². The van der Waals surface area contributed by atoms with Gasteiger partial charge in [0, 0.05) is 37.0 Å². The number of fused-ring (bicyclic) bond motifs is 2. The maximum atomic E-state index is 12.3. The van der Waals surface area contributed by atoms with Crippen molar-refractivity contribution < 1.29 is 9.72 Å². The zero-order valence-electron chi connectivity index (χ0n) is 9.13.